The minimum Gasteiger partial charge on any atom is -0.493 e. The second kappa shape index (κ2) is 6.66. The van der Waals surface area contributed by atoms with Gasteiger partial charge in [-0.2, -0.15) is 0 Å². The number of carbonyl (C=O) groups excluding carboxylic acids is 1. The highest BCUT2D eigenvalue weighted by molar-refractivity contribution is 5.97. The summed E-state index contributed by atoms with van der Waals surface area (Å²) in [4.78, 5) is 12.2. The van der Waals surface area contributed by atoms with Gasteiger partial charge in [-0.15, -0.1) is 10.2 Å². The van der Waals surface area contributed by atoms with Crippen molar-refractivity contribution in [3.63, 3.8) is 0 Å². The summed E-state index contributed by atoms with van der Waals surface area (Å²) in [5.41, 5.74) is 2.76. The third kappa shape index (κ3) is 2.93. The van der Waals surface area contributed by atoms with Gasteiger partial charge in [-0.25, -0.2) is 0 Å². The number of aromatic nitrogens is 1. The van der Waals surface area contributed by atoms with Gasteiger partial charge < -0.3 is 9.67 Å². The molecule has 0 aliphatic carbocycles. The number of hydrogen-bond donors (Lipinski definition) is 1. The van der Waals surface area contributed by atoms with Crippen LogP contribution in [0, 0.1) is 6.92 Å². The topological polar surface area (TPSA) is 66.9 Å². The third-order valence-corrected chi connectivity index (χ3v) is 3.90. The van der Waals surface area contributed by atoms with Crippen LogP contribution in [0.25, 0.3) is 10.9 Å². The molecule has 0 fully saturated rings. The molecule has 1 heterocycles. The zero-order valence-electron chi connectivity index (χ0n) is 13.7. The molecule has 3 rings (SSSR count). The molecule has 5 nitrogen and oxygen atoms in total. The van der Waals surface area contributed by atoms with E-state index in [9.17, 15) is 9.90 Å². The van der Waals surface area contributed by atoms with Gasteiger partial charge in [0.15, 0.2) is 5.69 Å². The van der Waals surface area contributed by atoms with Crippen molar-refractivity contribution in [2.45, 2.75) is 26.8 Å². The fraction of sp³-hybridized carbons (Fsp3) is 0.211. The number of hydrogen-bond acceptors (Lipinski definition) is 3. The SMILES string of the molecule is CCCn1c(O)c(N=NC(=O)c2ccc(C)cc2)c2ccccc21. The standard InChI is InChI=1S/C19H19N3O2/c1-3-12-22-16-7-5-4-6-15(16)17(19(22)24)20-21-18(23)14-10-8-13(2)9-11-14/h4-11,24H,3,12H2,1-2H3. The molecule has 0 bridgehead atoms. The molecule has 0 unspecified atom stereocenters. The van der Waals surface area contributed by atoms with E-state index >= 15 is 0 Å². The molecule has 1 N–H and O–H groups in total. The van der Waals surface area contributed by atoms with Crippen LogP contribution in [-0.4, -0.2) is 15.6 Å². The van der Waals surface area contributed by atoms with Gasteiger partial charge in [-0.3, -0.25) is 4.79 Å². The van der Waals surface area contributed by atoms with Gasteiger partial charge in [-0.1, -0.05) is 42.8 Å². The van der Waals surface area contributed by atoms with E-state index in [4.69, 9.17) is 0 Å². The number of amides is 1. The van der Waals surface area contributed by atoms with Crippen molar-refractivity contribution in [3.05, 3.63) is 59.7 Å². The van der Waals surface area contributed by atoms with Crippen LogP contribution in [0.15, 0.2) is 58.8 Å². The molecule has 24 heavy (non-hydrogen) atoms. The molecule has 1 amide bonds. The fourth-order valence-electron chi connectivity index (χ4n) is 2.67. The predicted octanol–water partition coefficient (Wildman–Crippen LogP) is 4.99. The predicted molar refractivity (Wildman–Crippen MR) is 93.9 cm³/mol. The van der Waals surface area contributed by atoms with E-state index in [0.717, 1.165) is 22.9 Å². The Hall–Kier alpha value is -2.95. The molecule has 3 aromatic rings. The average molecular weight is 321 g/mol. The number of aromatic hydroxyl groups is 1. The maximum Gasteiger partial charge on any atom is 0.295 e. The highest BCUT2D eigenvalue weighted by atomic mass is 16.3. The second-order valence-electron chi connectivity index (χ2n) is 5.71. The summed E-state index contributed by atoms with van der Waals surface area (Å²) >= 11 is 0. The number of nitrogens with zero attached hydrogens (tertiary/aromatic N) is 3. The van der Waals surface area contributed by atoms with Gasteiger partial charge in [-0.05, 0) is 31.5 Å². The molecule has 0 saturated carbocycles. The quantitative estimate of drug-likeness (QED) is 0.688. The number of azo groups is 1. The number of para-hydroxylation sites is 1. The molecule has 0 aliphatic rings. The van der Waals surface area contributed by atoms with E-state index in [1.165, 1.54) is 0 Å². The summed E-state index contributed by atoms with van der Waals surface area (Å²) in [6.45, 7) is 4.67. The number of rotatable bonds is 4. The van der Waals surface area contributed by atoms with Crippen molar-refractivity contribution in [1.29, 1.82) is 0 Å². The lowest BCUT2D eigenvalue weighted by Gasteiger charge is -2.03. The molecule has 0 saturated heterocycles. The van der Waals surface area contributed by atoms with Crippen molar-refractivity contribution in [2.75, 3.05) is 0 Å². The second-order valence-corrected chi connectivity index (χ2v) is 5.71. The number of carbonyl (C=O) groups is 1. The van der Waals surface area contributed by atoms with Crippen LogP contribution >= 0.6 is 0 Å². The Morgan fingerprint density at radius 2 is 1.83 bits per heavy atom. The average Bonchev–Trinajstić information content (AvgIpc) is 2.86. The Balaban J connectivity index is 1.99. The Labute approximate surface area is 140 Å². The van der Waals surface area contributed by atoms with Crippen molar-refractivity contribution in [2.24, 2.45) is 10.2 Å². The number of benzene rings is 2. The van der Waals surface area contributed by atoms with Crippen LogP contribution < -0.4 is 0 Å². The largest absolute Gasteiger partial charge is 0.493 e. The summed E-state index contributed by atoms with van der Waals surface area (Å²) in [5, 5.41) is 19.1. The van der Waals surface area contributed by atoms with Crippen molar-refractivity contribution in [3.8, 4) is 5.88 Å². The van der Waals surface area contributed by atoms with Gasteiger partial charge in [0.2, 0.25) is 5.88 Å². The van der Waals surface area contributed by atoms with Crippen LogP contribution in [0.4, 0.5) is 5.69 Å². The fourth-order valence-corrected chi connectivity index (χ4v) is 2.67. The van der Waals surface area contributed by atoms with Crippen LogP contribution in [-0.2, 0) is 6.54 Å². The van der Waals surface area contributed by atoms with Gasteiger partial charge >= 0.3 is 0 Å². The summed E-state index contributed by atoms with van der Waals surface area (Å²) in [7, 11) is 0. The Morgan fingerprint density at radius 1 is 1.12 bits per heavy atom. The molecule has 2 aromatic carbocycles. The molecule has 0 aliphatic heterocycles. The molecule has 0 radical (unpaired) electrons. The third-order valence-electron chi connectivity index (χ3n) is 3.90. The first-order chi connectivity index (χ1) is 11.6. The van der Waals surface area contributed by atoms with E-state index in [2.05, 4.69) is 10.2 Å². The molecule has 0 spiro atoms. The zero-order chi connectivity index (χ0) is 17.1. The minimum absolute atomic E-state index is 0.0403. The van der Waals surface area contributed by atoms with Crippen LogP contribution in [0.2, 0.25) is 0 Å². The van der Waals surface area contributed by atoms with Crippen molar-refractivity contribution >= 4 is 22.5 Å². The Kier molecular flexibility index (Phi) is 4.42. The van der Waals surface area contributed by atoms with E-state index in [1.54, 1.807) is 16.7 Å². The highest BCUT2D eigenvalue weighted by Gasteiger charge is 2.16. The minimum atomic E-state index is -0.429. The summed E-state index contributed by atoms with van der Waals surface area (Å²) in [6.07, 6.45) is 0.880. The number of aryl methyl sites for hydroxylation is 2. The van der Waals surface area contributed by atoms with Crippen LogP contribution in [0.1, 0.15) is 29.3 Å². The normalized spacial score (nSPS) is 11.4. The van der Waals surface area contributed by atoms with Crippen LogP contribution in [0.5, 0.6) is 5.88 Å². The lowest BCUT2D eigenvalue weighted by atomic mass is 10.1. The first-order valence-corrected chi connectivity index (χ1v) is 7.94. The zero-order valence-corrected chi connectivity index (χ0v) is 13.7. The summed E-state index contributed by atoms with van der Waals surface area (Å²) < 4.78 is 1.79. The van der Waals surface area contributed by atoms with Gasteiger partial charge in [0.25, 0.3) is 5.91 Å². The Morgan fingerprint density at radius 3 is 2.54 bits per heavy atom. The lowest BCUT2D eigenvalue weighted by molar-refractivity contribution is 0.0995. The number of fused-ring (bicyclic) bond motifs is 1. The molecular formula is C19H19N3O2. The smallest absolute Gasteiger partial charge is 0.295 e. The van der Waals surface area contributed by atoms with Gasteiger partial charge in [0.05, 0.1) is 5.52 Å². The molecule has 0 atom stereocenters. The molecule has 5 heteroatoms. The summed E-state index contributed by atoms with van der Waals surface area (Å²) in [5.74, 6) is -0.389. The lowest BCUT2D eigenvalue weighted by Crippen LogP contribution is -1.95. The maximum atomic E-state index is 12.2. The molecule has 122 valence electrons. The Bertz CT molecular complexity index is 908. The highest BCUT2D eigenvalue weighted by Crippen LogP contribution is 2.38. The van der Waals surface area contributed by atoms with Crippen molar-refractivity contribution < 1.29 is 9.90 Å². The van der Waals surface area contributed by atoms with Crippen molar-refractivity contribution in [1.82, 2.24) is 4.57 Å². The van der Waals surface area contributed by atoms with E-state index in [0.29, 0.717) is 17.8 Å². The van der Waals surface area contributed by atoms with E-state index < -0.39 is 5.91 Å². The first-order valence-electron chi connectivity index (χ1n) is 7.94. The van der Waals surface area contributed by atoms with Gasteiger partial charge in [0.1, 0.15) is 0 Å². The maximum absolute atomic E-state index is 12.2. The van der Waals surface area contributed by atoms with E-state index in [1.807, 2.05) is 50.2 Å². The van der Waals surface area contributed by atoms with E-state index in [-0.39, 0.29) is 5.88 Å². The van der Waals surface area contributed by atoms with Crippen LogP contribution in [0.3, 0.4) is 0 Å². The first kappa shape index (κ1) is 15.9. The molecular weight excluding hydrogens is 302 g/mol. The molecule has 1 aromatic heterocycles. The van der Waals surface area contributed by atoms with Gasteiger partial charge in [0, 0.05) is 17.5 Å². The monoisotopic (exact) mass is 321 g/mol. The summed E-state index contributed by atoms with van der Waals surface area (Å²) in [6, 6.07) is 14.7.